The minimum Gasteiger partial charge on any atom is -0.493 e. The molecular weight excluding hydrogens is 298 g/mol. The molecule has 1 N–H and O–H groups in total. The van der Waals surface area contributed by atoms with Crippen LogP contribution >= 0.6 is 0 Å². The van der Waals surface area contributed by atoms with Crippen molar-refractivity contribution >= 4 is 16.0 Å². The van der Waals surface area contributed by atoms with Crippen LogP contribution in [0.4, 0.5) is 0 Å². The zero-order chi connectivity index (χ0) is 16.0. The summed E-state index contributed by atoms with van der Waals surface area (Å²) in [4.78, 5) is 11.3. The number of nitrogens with one attached hydrogen (secondary N) is 1. The summed E-state index contributed by atoms with van der Waals surface area (Å²) in [5.41, 5.74) is 0. The van der Waals surface area contributed by atoms with Crippen molar-refractivity contribution in [1.82, 2.24) is 4.72 Å². The molecule has 1 rings (SSSR count). The number of methoxy groups -OCH3 is 3. The summed E-state index contributed by atoms with van der Waals surface area (Å²) in [6.07, 6.45) is 0. The van der Waals surface area contributed by atoms with Gasteiger partial charge < -0.3 is 14.2 Å². The van der Waals surface area contributed by atoms with Crippen molar-refractivity contribution in [3.8, 4) is 11.5 Å². The number of benzene rings is 1. The van der Waals surface area contributed by atoms with Crippen molar-refractivity contribution in [2.75, 3.05) is 27.9 Å². The SMILES string of the molecule is COC(=O)C(C)CNS(=O)(=O)c1ccc(OC)c(OC)c1. The first kappa shape index (κ1) is 17.3. The van der Waals surface area contributed by atoms with E-state index in [9.17, 15) is 13.2 Å². The maximum absolute atomic E-state index is 12.2. The third-order valence-electron chi connectivity index (χ3n) is 2.85. The van der Waals surface area contributed by atoms with Gasteiger partial charge in [0.15, 0.2) is 11.5 Å². The summed E-state index contributed by atoms with van der Waals surface area (Å²) in [5.74, 6) is -0.323. The Hall–Kier alpha value is -1.80. The quantitative estimate of drug-likeness (QED) is 0.748. The van der Waals surface area contributed by atoms with Gasteiger partial charge in [-0.1, -0.05) is 6.92 Å². The van der Waals surface area contributed by atoms with Crippen molar-refractivity contribution in [2.24, 2.45) is 5.92 Å². The highest BCUT2D eigenvalue weighted by atomic mass is 32.2. The predicted octanol–water partition coefficient (Wildman–Crippen LogP) is 0.791. The maximum atomic E-state index is 12.2. The first-order chi connectivity index (χ1) is 9.85. The molecule has 0 saturated heterocycles. The number of hydrogen-bond donors (Lipinski definition) is 1. The molecule has 0 amide bonds. The summed E-state index contributed by atoms with van der Waals surface area (Å²) in [7, 11) is 0.382. The number of hydrogen-bond acceptors (Lipinski definition) is 6. The number of carbonyl (C=O) groups is 1. The van der Waals surface area contributed by atoms with Gasteiger partial charge in [0.2, 0.25) is 10.0 Å². The Balaban J connectivity index is 2.90. The molecule has 0 aliphatic heterocycles. The minimum absolute atomic E-state index is 0.0252. The molecule has 0 saturated carbocycles. The fourth-order valence-electron chi connectivity index (χ4n) is 1.59. The molecule has 0 radical (unpaired) electrons. The molecule has 1 aromatic rings. The molecule has 0 fully saturated rings. The number of esters is 1. The summed E-state index contributed by atoms with van der Waals surface area (Å²) >= 11 is 0. The molecule has 8 heteroatoms. The van der Waals surface area contributed by atoms with Gasteiger partial charge in [0.25, 0.3) is 0 Å². The van der Waals surface area contributed by atoms with Gasteiger partial charge >= 0.3 is 5.97 Å². The normalized spacial score (nSPS) is 12.6. The molecule has 0 aliphatic carbocycles. The minimum atomic E-state index is -3.75. The van der Waals surface area contributed by atoms with Crippen molar-refractivity contribution in [1.29, 1.82) is 0 Å². The average molecular weight is 317 g/mol. The fourth-order valence-corrected chi connectivity index (χ4v) is 2.73. The van der Waals surface area contributed by atoms with E-state index >= 15 is 0 Å². The van der Waals surface area contributed by atoms with E-state index in [4.69, 9.17) is 9.47 Å². The fraction of sp³-hybridized carbons (Fsp3) is 0.462. The lowest BCUT2D eigenvalue weighted by Gasteiger charge is -2.13. The zero-order valence-corrected chi connectivity index (χ0v) is 13.2. The lowest BCUT2D eigenvalue weighted by Crippen LogP contribution is -2.32. The molecule has 1 aromatic carbocycles. The second-order valence-electron chi connectivity index (χ2n) is 4.29. The van der Waals surface area contributed by atoms with E-state index in [2.05, 4.69) is 9.46 Å². The van der Waals surface area contributed by atoms with Crippen LogP contribution in [0, 0.1) is 5.92 Å². The van der Waals surface area contributed by atoms with Crippen LogP contribution in [0.5, 0.6) is 11.5 Å². The molecule has 0 spiro atoms. The molecule has 7 nitrogen and oxygen atoms in total. The van der Waals surface area contributed by atoms with E-state index < -0.39 is 21.9 Å². The van der Waals surface area contributed by atoms with E-state index in [-0.39, 0.29) is 11.4 Å². The van der Waals surface area contributed by atoms with E-state index in [0.717, 1.165) is 0 Å². The standard InChI is InChI=1S/C13H19NO6S/c1-9(13(15)20-4)8-14-21(16,17)10-5-6-11(18-2)12(7-10)19-3/h5-7,9,14H,8H2,1-4H3. The molecule has 1 atom stereocenters. The first-order valence-corrected chi connectivity index (χ1v) is 7.63. The van der Waals surface area contributed by atoms with Crippen LogP contribution in [0.15, 0.2) is 23.1 Å². The van der Waals surface area contributed by atoms with Gasteiger partial charge in [-0.05, 0) is 12.1 Å². The molecule has 21 heavy (non-hydrogen) atoms. The Morgan fingerprint density at radius 3 is 2.33 bits per heavy atom. The van der Waals surface area contributed by atoms with Crippen LogP contribution < -0.4 is 14.2 Å². The van der Waals surface area contributed by atoms with Gasteiger partial charge in [0.05, 0.1) is 32.1 Å². The highest BCUT2D eigenvalue weighted by Crippen LogP contribution is 2.29. The van der Waals surface area contributed by atoms with Crippen LogP contribution in [0.25, 0.3) is 0 Å². The Morgan fingerprint density at radius 1 is 1.19 bits per heavy atom. The number of ether oxygens (including phenoxy) is 3. The lowest BCUT2D eigenvalue weighted by molar-refractivity contribution is -0.144. The highest BCUT2D eigenvalue weighted by molar-refractivity contribution is 7.89. The van der Waals surface area contributed by atoms with Crippen molar-refractivity contribution in [3.05, 3.63) is 18.2 Å². The number of rotatable bonds is 7. The van der Waals surface area contributed by atoms with Crippen LogP contribution in [-0.2, 0) is 19.6 Å². The second-order valence-corrected chi connectivity index (χ2v) is 6.06. The van der Waals surface area contributed by atoms with Crippen molar-refractivity contribution in [3.63, 3.8) is 0 Å². The van der Waals surface area contributed by atoms with E-state index in [1.165, 1.54) is 39.5 Å². The summed E-state index contributed by atoms with van der Waals surface area (Å²) in [6.45, 7) is 1.52. The molecular formula is C13H19NO6S. The topological polar surface area (TPSA) is 90.9 Å². The summed E-state index contributed by atoms with van der Waals surface area (Å²) in [6, 6.07) is 4.24. The monoisotopic (exact) mass is 317 g/mol. The summed E-state index contributed by atoms with van der Waals surface area (Å²) < 4.78 is 41.3. The molecule has 0 bridgehead atoms. The molecule has 1 unspecified atom stereocenters. The largest absolute Gasteiger partial charge is 0.493 e. The maximum Gasteiger partial charge on any atom is 0.309 e. The van der Waals surface area contributed by atoms with Crippen LogP contribution in [-0.4, -0.2) is 42.3 Å². The van der Waals surface area contributed by atoms with E-state index in [1.54, 1.807) is 6.92 Å². The van der Waals surface area contributed by atoms with Gasteiger partial charge in [0, 0.05) is 12.6 Å². The van der Waals surface area contributed by atoms with Gasteiger partial charge in [-0.15, -0.1) is 0 Å². The third-order valence-corrected chi connectivity index (χ3v) is 4.27. The van der Waals surface area contributed by atoms with Crippen LogP contribution in [0.3, 0.4) is 0 Å². The molecule has 0 heterocycles. The van der Waals surface area contributed by atoms with E-state index in [0.29, 0.717) is 11.5 Å². The summed E-state index contributed by atoms with van der Waals surface area (Å²) in [5, 5.41) is 0. The first-order valence-electron chi connectivity index (χ1n) is 6.15. The Morgan fingerprint density at radius 2 is 1.81 bits per heavy atom. The lowest BCUT2D eigenvalue weighted by atomic mass is 10.2. The third kappa shape index (κ3) is 4.33. The van der Waals surface area contributed by atoms with Crippen molar-refractivity contribution < 1.29 is 27.4 Å². The van der Waals surface area contributed by atoms with Crippen LogP contribution in [0.1, 0.15) is 6.92 Å². The Bertz CT molecular complexity index is 599. The highest BCUT2D eigenvalue weighted by Gasteiger charge is 2.20. The average Bonchev–Trinajstić information content (AvgIpc) is 2.50. The van der Waals surface area contributed by atoms with E-state index in [1.807, 2.05) is 0 Å². The van der Waals surface area contributed by atoms with Gasteiger partial charge in [0.1, 0.15) is 0 Å². The second kappa shape index (κ2) is 7.28. The smallest absolute Gasteiger partial charge is 0.309 e. The molecule has 118 valence electrons. The molecule has 0 aliphatic rings. The Labute approximate surface area is 124 Å². The number of carbonyl (C=O) groups excluding carboxylic acids is 1. The number of sulfonamides is 1. The Kier molecular flexibility index (Phi) is 5.98. The molecule has 0 aromatic heterocycles. The van der Waals surface area contributed by atoms with Gasteiger partial charge in [-0.25, -0.2) is 13.1 Å². The zero-order valence-electron chi connectivity index (χ0n) is 12.4. The van der Waals surface area contributed by atoms with Gasteiger partial charge in [-0.2, -0.15) is 0 Å². The van der Waals surface area contributed by atoms with Crippen molar-refractivity contribution in [2.45, 2.75) is 11.8 Å². The van der Waals surface area contributed by atoms with Crippen LogP contribution in [0.2, 0.25) is 0 Å². The predicted molar refractivity (Wildman–Crippen MR) is 75.9 cm³/mol. The van der Waals surface area contributed by atoms with Gasteiger partial charge in [-0.3, -0.25) is 4.79 Å².